The fourth-order valence-corrected chi connectivity index (χ4v) is 2.55. The number of nitrogens with two attached hydrogens (primary N) is 1. The molecule has 5 nitrogen and oxygen atoms in total. The third-order valence-corrected chi connectivity index (χ3v) is 3.77. The molecule has 5 heteroatoms. The van der Waals surface area contributed by atoms with Crippen LogP contribution in [0.15, 0.2) is 0 Å². The van der Waals surface area contributed by atoms with Crippen LogP contribution < -0.4 is 5.73 Å². The molecule has 2 fully saturated rings. The highest BCUT2D eigenvalue weighted by atomic mass is 16.4. The van der Waals surface area contributed by atoms with Crippen LogP contribution in [-0.4, -0.2) is 41.0 Å². The summed E-state index contributed by atoms with van der Waals surface area (Å²) in [6, 6.07) is 0.00335. The molecule has 0 aromatic carbocycles. The minimum atomic E-state index is -1.13. The first-order valence-electron chi connectivity index (χ1n) is 5.84. The van der Waals surface area contributed by atoms with E-state index >= 15 is 0 Å². The SMILES string of the molecule is NC1CCCN(C(=O)C2(C(=O)O)CCC2)C1. The van der Waals surface area contributed by atoms with Gasteiger partial charge in [0.15, 0.2) is 0 Å². The van der Waals surface area contributed by atoms with Crippen molar-refractivity contribution in [2.75, 3.05) is 13.1 Å². The second kappa shape index (κ2) is 4.05. The van der Waals surface area contributed by atoms with Gasteiger partial charge in [-0.25, -0.2) is 0 Å². The van der Waals surface area contributed by atoms with E-state index < -0.39 is 11.4 Å². The molecule has 1 atom stereocenters. The lowest BCUT2D eigenvalue weighted by Crippen LogP contribution is -2.56. The van der Waals surface area contributed by atoms with Crippen molar-refractivity contribution in [2.24, 2.45) is 11.1 Å². The first-order chi connectivity index (χ1) is 7.56. The van der Waals surface area contributed by atoms with E-state index in [1.165, 1.54) is 0 Å². The Balaban J connectivity index is 2.08. The highest BCUT2D eigenvalue weighted by Gasteiger charge is 2.53. The highest BCUT2D eigenvalue weighted by molar-refractivity contribution is 6.02. The summed E-state index contributed by atoms with van der Waals surface area (Å²) >= 11 is 0. The van der Waals surface area contributed by atoms with Crippen molar-refractivity contribution < 1.29 is 14.7 Å². The van der Waals surface area contributed by atoms with Crippen molar-refractivity contribution in [1.29, 1.82) is 0 Å². The van der Waals surface area contributed by atoms with Gasteiger partial charge in [0.1, 0.15) is 5.41 Å². The molecular formula is C11H18N2O3. The Labute approximate surface area is 94.6 Å². The van der Waals surface area contributed by atoms with Crippen LogP contribution >= 0.6 is 0 Å². The van der Waals surface area contributed by atoms with Gasteiger partial charge in [-0.1, -0.05) is 6.42 Å². The van der Waals surface area contributed by atoms with Crippen LogP contribution in [0.2, 0.25) is 0 Å². The van der Waals surface area contributed by atoms with Crippen LogP contribution in [0.4, 0.5) is 0 Å². The normalized spacial score (nSPS) is 28.3. The van der Waals surface area contributed by atoms with Gasteiger partial charge in [-0.05, 0) is 25.7 Å². The molecule has 2 aliphatic rings. The maximum Gasteiger partial charge on any atom is 0.319 e. The number of carbonyl (C=O) groups excluding carboxylic acids is 1. The number of aliphatic carboxylic acids is 1. The van der Waals surface area contributed by atoms with E-state index in [2.05, 4.69) is 0 Å². The maximum atomic E-state index is 12.2. The number of piperidine rings is 1. The Morgan fingerprint density at radius 2 is 2.00 bits per heavy atom. The monoisotopic (exact) mass is 226 g/mol. The molecule has 1 amide bonds. The zero-order valence-corrected chi connectivity index (χ0v) is 9.32. The molecule has 0 bridgehead atoms. The predicted molar refractivity (Wildman–Crippen MR) is 57.7 cm³/mol. The van der Waals surface area contributed by atoms with Gasteiger partial charge in [-0.15, -0.1) is 0 Å². The number of hydrogen-bond acceptors (Lipinski definition) is 3. The number of hydrogen-bond donors (Lipinski definition) is 2. The van der Waals surface area contributed by atoms with Crippen LogP contribution in [0.5, 0.6) is 0 Å². The van der Waals surface area contributed by atoms with Crippen molar-refractivity contribution in [3.63, 3.8) is 0 Å². The minimum Gasteiger partial charge on any atom is -0.480 e. The first-order valence-corrected chi connectivity index (χ1v) is 5.84. The van der Waals surface area contributed by atoms with Gasteiger partial charge in [-0.2, -0.15) is 0 Å². The van der Waals surface area contributed by atoms with Gasteiger partial charge in [-0.3, -0.25) is 9.59 Å². The number of nitrogens with zero attached hydrogens (tertiary/aromatic N) is 1. The number of carboxylic acid groups (broad SMARTS) is 1. The Morgan fingerprint density at radius 3 is 2.44 bits per heavy atom. The van der Waals surface area contributed by atoms with E-state index in [-0.39, 0.29) is 11.9 Å². The quantitative estimate of drug-likeness (QED) is 0.658. The highest BCUT2D eigenvalue weighted by Crippen LogP contribution is 2.43. The number of likely N-dealkylation sites (tertiary alicyclic amines) is 1. The molecule has 0 spiro atoms. The molecule has 1 saturated heterocycles. The lowest BCUT2D eigenvalue weighted by atomic mass is 9.67. The summed E-state index contributed by atoms with van der Waals surface area (Å²) in [5.74, 6) is -1.19. The van der Waals surface area contributed by atoms with Crippen LogP contribution in [0, 0.1) is 5.41 Å². The molecule has 1 unspecified atom stereocenters. The smallest absolute Gasteiger partial charge is 0.319 e. The lowest BCUT2D eigenvalue weighted by molar-refractivity contribution is -0.168. The average Bonchev–Trinajstić information content (AvgIpc) is 2.15. The van der Waals surface area contributed by atoms with E-state index in [0.29, 0.717) is 25.9 Å². The van der Waals surface area contributed by atoms with E-state index in [0.717, 1.165) is 19.3 Å². The average molecular weight is 226 g/mol. The van der Waals surface area contributed by atoms with E-state index in [1.54, 1.807) is 4.90 Å². The molecule has 2 rings (SSSR count). The molecule has 1 saturated carbocycles. The topological polar surface area (TPSA) is 83.6 Å². The molecule has 0 aromatic rings. The number of amides is 1. The van der Waals surface area contributed by atoms with E-state index in [9.17, 15) is 14.7 Å². The third kappa shape index (κ3) is 1.69. The van der Waals surface area contributed by atoms with Crippen LogP contribution in [0.3, 0.4) is 0 Å². The molecule has 16 heavy (non-hydrogen) atoms. The molecule has 90 valence electrons. The molecule has 0 radical (unpaired) electrons. The van der Waals surface area contributed by atoms with Crippen molar-refractivity contribution >= 4 is 11.9 Å². The van der Waals surface area contributed by atoms with Crippen LogP contribution in [-0.2, 0) is 9.59 Å². The van der Waals surface area contributed by atoms with Gasteiger partial charge in [0.2, 0.25) is 5.91 Å². The summed E-state index contributed by atoms with van der Waals surface area (Å²) in [5, 5.41) is 9.17. The molecule has 1 heterocycles. The Morgan fingerprint density at radius 1 is 1.31 bits per heavy atom. The number of carbonyl (C=O) groups is 2. The first kappa shape index (κ1) is 11.4. The second-order valence-electron chi connectivity index (χ2n) is 4.89. The molecular weight excluding hydrogens is 208 g/mol. The van der Waals surface area contributed by atoms with Crippen LogP contribution in [0.25, 0.3) is 0 Å². The van der Waals surface area contributed by atoms with Gasteiger partial charge in [0, 0.05) is 19.1 Å². The molecule has 1 aliphatic carbocycles. The standard InChI is InChI=1S/C11H18N2O3/c12-8-3-1-6-13(7-8)9(14)11(10(15)16)4-2-5-11/h8H,1-7,12H2,(H,15,16). The number of rotatable bonds is 2. The van der Waals surface area contributed by atoms with Gasteiger partial charge >= 0.3 is 5.97 Å². The third-order valence-electron chi connectivity index (χ3n) is 3.77. The fraction of sp³-hybridized carbons (Fsp3) is 0.818. The van der Waals surface area contributed by atoms with E-state index in [1.807, 2.05) is 0 Å². The zero-order valence-electron chi connectivity index (χ0n) is 9.32. The maximum absolute atomic E-state index is 12.2. The molecule has 3 N–H and O–H groups in total. The van der Waals surface area contributed by atoms with Crippen molar-refractivity contribution in [3.8, 4) is 0 Å². The lowest BCUT2D eigenvalue weighted by Gasteiger charge is -2.42. The van der Waals surface area contributed by atoms with Crippen molar-refractivity contribution in [2.45, 2.75) is 38.1 Å². The summed E-state index contributed by atoms with van der Waals surface area (Å²) in [5.41, 5.74) is 4.67. The Bertz CT molecular complexity index is 312. The second-order valence-corrected chi connectivity index (χ2v) is 4.89. The van der Waals surface area contributed by atoms with Gasteiger partial charge in [0.05, 0.1) is 0 Å². The summed E-state index contributed by atoms with van der Waals surface area (Å²) in [6.07, 6.45) is 3.59. The Kier molecular flexibility index (Phi) is 2.88. The van der Waals surface area contributed by atoms with Crippen LogP contribution in [0.1, 0.15) is 32.1 Å². The zero-order chi connectivity index (χ0) is 11.8. The van der Waals surface area contributed by atoms with Gasteiger partial charge in [0.25, 0.3) is 0 Å². The minimum absolute atomic E-state index is 0.00335. The summed E-state index contributed by atoms with van der Waals surface area (Å²) in [7, 11) is 0. The summed E-state index contributed by atoms with van der Waals surface area (Å²) in [4.78, 5) is 25.0. The summed E-state index contributed by atoms with van der Waals surface area (Å²) in [6.45, 7) is 1.16. The molecule has 1 aliphatic heterocycles. The fourth-order valence-electron chi connectivity index (χ4n) is 2.55. The Hall–Kier alpha value is -1.10. The van der Waals surface area contributed by atoms with Crippen molar-refractivity contribution in [3.05, 3.63) is 0 Å². The summed E-state index contributed by atoms with van der Waals surface area (Å²) < 4.78 is 0. The molecule has 0 aromatic heterocycles. The van der Waals surface area contributed by atoms with E-state index in [4.69, 9.17) is 5.73 Å². The number of carboxylic acids is 1. The largest absolute Gasteiger partial charge is 0.480 e. The van der Waals surface area contributed by atoms with Crippen molar-refractivity contribution in [1.82, 2.24) is 4.90 Å². The predicted octanol–water partition coefficient (Wildman–Crippen LogP) is 0.191. The van der Waals surface area contributed by atoms with Gasteiger partial charge < -0.3 is 15.7 Å².